The van der Waals surface area contributed by atoms with Crippen LogP contribution in [0.4, 0.5) is 11.6 Å². The third-order valence-electron chi connectivity index (χ3n) is 3.26. The van der Waals surface area contributed by atoms with E-state index >= 15 is 0 Å². The maximum Gasteiger partial charge on any atom is 0.134 e. The largest absolute Gasteiger partial charge is 0.366 e. The van der Waals surface area contributed by atoms with Crippen molar-refractivity contribution in [1.82, 2.24) is 15.3 Å². The van der Waals surface area contributed by atoms with E-state index in [0.29, 0.717) is 12.6 Å². The second kappa shape index (κ2) is 6.35. The van der Waals surface area contributed by atoms with E-state index in [4.69, 9.17) is 0 Å². The molecule has 1 aliphatic heterocycles. The molecule has 0 spiro atoms. The van der Waals surface area contributed by atoms with Gasteiger partial charge in [0.25, 0.3) is 0 Å². The Bertz CT molecular complexity index is 387. The molecule has 1 fully saturated rings. The summed E-state index contributed by atoms with van der Waals surface area (Å²) < 4.78 is 0. The van der Waals surface area contributed by atoms with Gasteiger partial charge in [-0.1, -0.05) is 6.08 Å². The summed E-state index contributed by atoms with van der Waals surface area (Å²) in [6, 6.07) is 2.50. The molecule has 5 heteroatoms. The topological polar surface area (TPSA) is 53.1 Å². The molecule has 0 saturated carbocycles. The van der Waals surface area contributed by atoms with E-state index in [1.165, 1.54) is 12.8 Å². The maximum absolute atomic E-state index is 4.34. The van der Waals surface area contributed by atoms with Crippen molar-refractivity contribution in [1.29, 1.82) is 0 Å². The van der Waals surface area contributed by atoms with Crippen molar-refractivity contribution in [2.75, 3.05) is 36.9 Å². The molecule has 0 aliphatic carbocycles. The highest BCUT2D eigenvalue weighted by molar-refractivity contribution is 5.48. The summed E-state index contributed by atoms with van der Waals surface area (Å²) in [5, 5.41) is 6.60. The summed E-state index contributed by atoms with van der Waals surface area (Å²) in [5.74, 6) is 1.81. The average Bonchev–Trinajstić information content (AvgIpc) is 2.45. The van der Waals surface area contributed by atoms with Gasteiger partial charge in [0.15, 0.2) is 0 Å². The lowest BCUT2D eigenvalue weighted by Crippen LogP contribution is -2.44. The minimum atomic E-state index is 0.515. The van der Waals surface area contributed by atoms with Gasteiger partial charge >= 0.3 is 0 Å². The quantitative estimate of drug-likeness (QED) is 0.767. The maximum atomic E-state index is 4.34. The Morgan fingerprint density at radius 2 is 2.50 bits per heavy atom. The van der Waals surface area contributed by atoms with Crippen LogP contribution in [0, 0.1) is 0 Å². The molecule has 1 atom stereocenters. The van der Waals surface area contributed by atoms with E-state index in [2.05, 4.69) is 39.1 Å². The van der Waals surface area contributed by atoms with Crippen molar-refractivity contribution >= 4 is 11.6 Å². The second-order valence-electron chi connectivity index (χ2n) is 4.54. The van der Waals surface area contributed by atoms with Crippen LogP contribution in [0.5, 0.6) is 0 Å². The molecule has 0 aromatic carbocycles. The number of hydrogen-bond donors (Lipinski definition) is 2. The normalized spacial score (nSPS) is 19.3. The van der Waals surface area contributed by atoms with Gasteiger partial charge in [-0.3, -0.25) is 0 Å². The first kappa shape index (κ1) is 12.8. The number of nitrogens with one attached hydrogen (secondary N) is 2. The van der Waals surface area contributed by atoms with Gasteiger partial charge in [-0.2, -0.15) is 0 Å². The number of anilines is 2. The Morgan fingerprint density at radius 1 is 1.61 bits per heavy atom. The summed E-state index contributed by atoms with van der Waals surface area (Å²) in [7, 11) is 2.09. The second-order valence-corrected chi connectivity index (χ2v) is 4.54. The molecule has 2 N–H and O–H groups in total. The lowest BCUT2D eigenvalue weighted by molar-refractivity contribution is 0.443. The minimum absolute atomic E-state index is 0.515. The standard InChI is InChI=1S/C13H21N5/c1-3-6-15-12-8-13(17-10-16-12)18(2)11-5-4-7-14-9-11/h3,8,10-11,14H,1,4-7,9H2,2H3,(H,15,16,17). The lowest BCUT2D eigenvalue weighted by Gasteiger charge is -2.32. The predicted octanol–water partition coefficient (Wildman–Crippen LogP) is 1.26. The van der Waals surface area contributed by atoms with Crippen LogP contribution >= 0.6 is 0 Å². The van der Waals surface area contributed by atoms with Crippen molar-refractivity contribution < 1.29 is 0 Å². The molecular weight excluding hydrogens is 226 g/mol. The molecule has 1 aromatic rings. The fourth-order valence-corrected chi connectivity index (χ4v) is 2.16. The fourth-order valence-electron chi connectivity index (χ4n) is 2.16. The number of nitrogens with zero attached hydrogens (tertiary/aromatic N) is 3. The lowest BCUT2D eigenvalue weighted by atomic mass is 10.1. The smallest absolute Gasteiger partial charge is 0.134 e. The van der Waals surface area contributed by atoms with E-state index in [1.807, 2.05) is 12.1 Å². The van der Waals surface area contributed by atoms with Gasteiger partial charge in [0.05, 0.1) is 0 Å². The van der Waals surface area contributed by atoms with Gasteiger partial charge in [0.1, 0.15) is 18.0 Å². The number of piperidine rings is 1. The zero-order chi connectivity index (χ0) is 12.8. The zero-order valence-electron chi connectivity index (χ0n) is 10.9. The summed E-state index contributed by atoms with van der Waals surface area (Å²) in [6.45, 7) is 6.54. The molecule has 98 valence electrons. The summed E-state index contributed by atoms with van der Waals surface area (Å²) in [6.07, 6.45) is 5.86. The van der Waals surface area contributed by atoms with Gasteiger partial charge < -0.3 is 15.5 Å². The van der Waals surface area contributed by atoms with E-state index in [0.717, 1.165) is 24.7 Å². The van der Waals surface area contributed by atoms with Gasteiger partial charge in [-0.25, -0.2) is 9.97 Å². The molecule has 0 amide bonds. The molecule has 0 radical (unpaired) electrons. The highest BCUT2D eigenvalue weighted by atomic mass is 15.2. The van der Waals surface area contributed by atoms with Crippen LogP contribution in [0.1, 0.15) is 12.8 Å². The third kappa shape index (κ3) is 3.20. The van der Waals surface area contributed by atoms with Crippen molar-refractivity contribution in [3.05, 3.63) is 25.0 Å². The third-order valence-corrected chi connectivity index (χ3v) is 3.26. The molecular formula is C13H21N5. The highest BCUT2D eigenvalue weighted by Crippen LogP contribution is 2.18. The van der Waals surface area contributed by atoms with Crippen molar-refractivity contribution in [2.45, 2.75) is 18.9 Å². The highest BCUT2D eigenvalue weighted by Gasteiger charge is 2.19. The molecule has 1 unspecified atom stereocenters. The zero-order valence-corrected chi connectivity index (χ0v) is 10.9. The Labute approximate surface area is 108 Å². The minimum Gasteiger partial charge on any atom is -0.366 e. The first-order valence-corrected chi connectivity index (χ1v) is 6.41. The molecule has 1 saturated heterocycles. The number of aromatic nitrogens is 2. The van der Waals surface area contributed by atoms with Crippen molar-refractivity contribution in [3.63, 3.8) is 0 Å². The molecule has 2 heterocycles. The summed E-state index contributed by atoms with van der Waals surface area (Å²) in [5.41, 5.74) is 0. The van der Waals surface area contributed by atoms with Crippen LogP contribution in [0.15, 0.2) is 25.0 Å². The van der Waals surface area contributed by atoms with E-state index in [-0.39, 0.29) is 0 Å². The summed E-state index contributed by atoms with van der Waals surface area (Å²) in [4.78, 5) is 10.8. The first-order chi connectivity index (χ1) is 8.81. The van der Waals surface area contributed by atoms with Gasteiger partial charge in [-0.15, -0.1) is 6.58 Å². The monoisotopic (exact) mass is 247 g/mol. The molecule has 1 aliphatic rings. The van der Waals surface area contributed by atoms with Gasteiger partial charge in [-0.05, 0) is 19.4 Å². The molecule has 2 rings (SSSR count). The van der Waals surface area contributed by atoms with E-state index < -0.39 is 0 Å². The Kier molecular flexibility index (Phi) is 4.52. The SMILES string of the molecule is C=CCNc1cc(N(C)C2CCCNC2)ncn1. The molecule has 18 heavy (non-hydrogen) atoms. The van der Waals surface area contributed by atoms with E-state index in [1.54, 1.807) is 6.33 Å². The van der Waals surface area contributed by atoms with Crippen LogP contribution in [-0.4, -0.2) is 42.7 Å². The van der Waals surface area contributed by atoms with Crippen molar-refractivity contribution in [3.8, 4) is 0 Å². The molecule has 1 aromatic heterocycles. The number of hydrogen-bond acceptors (Lipinski definition) is 5. The Balaban J connectivity index is 2.04. The van der Waals surface area contributed by atoms with E-state index in [9.17, 15) is 0 Å². The summed E-state index contributed by atoms with van der Waals surface area (Å²) >= 11 is 0. The molecule has 0 bridgehead atoms. The number of likely N-dealkylation sites (N-methyl/N-ethyl adjacent to an activating group) is 1. The average molecular weight is 247 g/mol. The van der Waals surface area contributed by atoms with Crippen molar-refractivity contribution in [2.24, 2.45) is 0 Å². The number of rotatable bonds is 5. The van der Waals surface area contributed by atoms with Gasteiger partial charge in [0.2, 0.25) is 0 Å². The van der Waals surface area contributed by atoms with Gasteiger partial charge in [0, 0.05) is 32.2 Å². The van der Waals surface area contributed by atoms with Crippen LogP contribution in [0.25, 0.3) is 0 Å². The van der Waals surface area contributed by atoms with Crippen LogP contribution in [-0.2, 0) is 0 Å². The first-order valence-electron chi connectivity index (χ1n) is 6.41. The van der Waals surface area contributed by atoms with Crippen LogP contribution in [0.2, 0.25) is 0 Å². The van der Waals surface area contributed by atoms with Crippen LogP contribution in [0.3, 0.4) is 0 Å². The predicted molar refractivity (Wildman–Crippen MR) is 75.0 cm³/mol. The Hall–Kier alpha value is -1.62. The Morgan fingerprint density at radius 3 is 3.22 bits per heavy atom. The molecule has 5 nitrogen and oxygen atoms in total. The van der Waals surface area contributed by atoms with Crippen LogP contribution < -0.4 is 15.5 Å². The fraction of sp³-hybridized carbons (Fsp3) is 0.538.